The molecule has 186 valence electrons. The number of ether oxygens (including phenoxy) is 1. The molecule has 2 aromatic heterocycles. The second kappa shape index (κ2) is 10.4. The van der Waals surface area contributed by atoms with Crippen LogP contribution < -0.4 is 4.73 Å². The van der Waals surface area contributed by atoms with Crippen LogP contribution >= 0.6 is 0 Å². The minimum Gasteiger partial charge on any atom is -0.618 e. The zero-order chi connectivity index (χ0) is 25.1. The maximum absolute atomic E-state index is 14.2. The maximum atomic E-state index is 14.2. The van der Waals surface area contributed by atoms with Crippen molar-refractivity contribution >= 4 is 16.8 Å². The minimum atomic E-state index is -0.473. The molecule has 1 aliphatic heterocycles. The van der Waals surface area contributed by atoms with E-state index in [-0.39, 0.29) is 16.8 Å². The first kappa shape index (κ1) is 23.8. The van der Waals surface area contributed by atoms with E-state index in [0.717, 1.165) is 38.3 Å². The van der Waals surface area contributed by atoms with E-state index in [1.807, 2.05) is 4.90 Å². The zero-order valence-corrected chi connectivity index (χ0v) is 20.0. The summed E-state index contributed by atoms with van der Waals surface area (Å²) in [6.45, 7) is 4.85. The molecular weight excluding hydrogens is 463 g/mol. The molecule has 0 N–H and O–H groups in total. The third-order valence-electron chi connectivity index (χ3n) is 6.47. The Hall–Kier alpha value is -3.89. The molecule has 0 aliphatic carbocycles. The first-order chi connectivity index (χ1) is 17.5. The molecule has 1 amide bonds. The lowest BCUT2D eigenvalue weighted by molar-refractivity contribution is -0.576. The first-order valence-corrected chi connectivity index (χ1v) is 11.9. The maximum Gasteiger partial charge on any atom is 0.253 e. The van der Waals surface area contributed by atoms with E-state index in [1.54, 1.807) is 54.4 Å². The lowest BCUT2D eigenvalue weighted by Gasteiger charge is -2.34. The molecule has 1 fully saturated rings. The average Bonchev–Trinajstić information content (AvgIpc) is 3.40. The predicted molar refractivity (Wildman–Crippen MR) is 132 cm³/mol. The summed E-state index contributed by atoms with van der Waals surface area (Å²) in [4.78, 5) is 17.2. The van der Waals surface area contributed by atoms with Gasteiger partial charge in [-0.1, -0.05) is 11.3 Å². The highest BCUT2D eigenvalue weighted by atomic mass is 19.1. The van der Waals surface area contributed by atoms with Gasteiger partial charge in [-0.25, -0.2) is 9.07 Å². The van der Waals surface area contributed by atoms with Gasteiger partial charge in [-0.3, -0.25) is 9.69 Å². The highest BCUT2D eigenvalue weighted by Crippen LogP contribution is 2.23. The summed E-state index contributed by atoms with van der Waals surface area (Å²) in [6.07, 6.45) is 4.02. The number of carbonyl (C=O) groups excluding carboxylic acids is 1. The Kier molecular flexibility index (Phi) is 6.88. The summed E-state index contributed by atoms with van der Waals surface area (Å²) >= 11 is 0. The highest BCUT2D eigenvalue weighted by molar-refractivity contribution is 5.94. The van der Waals surface area contributed by atoms with E-state index in [0.29, 0.717) is 34.6 Å². The molecule has 36 heavy (non-hydrogen) atoms. The third kappa shape index (κ3) is 4.91. The summed E-state index contributed by atoms with van der Waals surface area (Å²) in [5.74, 6) is -0.463. The number of methoxy groups -OCH3 is 1. The topological polar surface area (TPSA) is 90.4 Å². The number of amides is 1. The Morgan fingerprint density at radius 3 is 2.67 bits per heavy atom. The van der Waals surface area contributed by atoms with Crippen molar-refractivity contribution in [3.63, 3.8) is 0 Å². The number of piperazine rings is 1. The standard InChI is InChI=1S/C26H27FN6O3/c1-36-15-3-10-30-11-13-31(14-12-30)26(34)19-6-8-21(9-7-19)32-18-24(28-29-32)20-16-22-23(27)4-2-5-25(22)33(35)17-20/h2,4-9,16-18H,3,10-15H2,1H3. The van der Waals surface area contributed by atoms with Crippen molar-refractivity contribution in [3.05, 3.63) is 77.5 Å². The van der Waals surface area contributed by atoms with Crippen LogP contribution in [0.2, 0.25) is 0 Å². The Bertz CT molecular complexity index is 1370. The van der Waals surface area contributed by atoms with Crippen molar-refractivity contribution in [3.8, 4) is 16.9 Å². The largest absolute Gasteiger partial charge is 0.618 e. The third-order valence-corrected chi connectivity index (χ3v) is 6.47. The number of aromatic nitrogens is 4. The van der Waals surface area contributed by atoms with E-state index in [1.165, 1.54) is 18.3 Å². The van der Waals surface area contributed by atoms with Crippen molar-refractivity contribution in [1.82, 2.24) is 24.8 Å². The molecule has 0 saturated carbocycles. The van der Waals surface area contributed by atoms with Gasteiger partial charge in [-0.2, -0.15) is 4.73 Å². The molecule has 0 bridgehead atoms. The number of halogens is 1. The fourth-order valence-corrected chi connectivity index (χ4v) is 4.46. The van der Waals surface area contributed by atoms with Gasteiger partial charge >= 0.3 is 0 Å². The summed E-state index contributed by atoms with van der Waals surface area (Å²) in [5.41, 5.74) is 2.48. The van der Waals surface area contributed by atoms with Crippen LogP contribution in [0.25, 0.3) is 27.8 Å². The number of nitrogens with zero attached hydrogens (tertiary/aromatic N) is 6. The van der Waals surface area contributed by atoms with Crippen molar-refractivity contribution < 1.29 is 18.7 Å². The number of benzene rings is 2. The fraction of sp³-hybridized carbons (Fsp3) is 0.308. The van der Waals surface area contributed by atoms with Gasteiger partial charge in [-0.05, 0) is 42.8 Å². The summed E-state index contributed by atoms with van der Waals surface area (Å²) in [5, 5.41) is 20.9. The fourth-order valence-electron chi connectivity index (χ4n) is 4.46. The lowest BCUT2D eigenvalue weighted by atomic mass is 10.1. The number of carbonyl (C=O) groups is 1. The molecule has 4 aromatic rings. The molecule has 0 unspecified atom stereocenters. The van der Waals surface area contributed by atoms with Crippen molar-refractivity contribution in [2.45, 2.75) is 6.42 Å². The van der Waals surface area contributed by atoms with E-state index in [9.17, 15) is 14.4 Å². The number of rotatable bonds is 7. The Morgan fingerprint density at radius 2 is 1.92 bits per heavy atom. The number of hydrogen-bond acceptors (Lipinski definition) is 6. The van der Waals surface area contributed by atoms with Gasteiger partial charge < -0.3 is 14.8 Å². The van der Waals surface area contributed by atoms with Crippen LogP contribution in [0.1, 0.15) is 16.8 Å². The van der Waals surface area contributed by atoms with Gasteiger partial charge in [0.15, 0.2) is 6.20 Å². The molecule has 0 radical (unpaired) electrons. The van der Waals surface area contributed by atoms with E-state index < -0.39 is 5.82 Å². The van der Waals surface area contributed by atoms with Crippen LogP contribution in [-0.4, -0.2) is 77.1 Å². The van der Waals surface area contributed by atoms with Crippen LogP contribution in [0, 0.1) is 11.0 Å². The second-order valence-corrected chi connectivity index (χ2v) is 8.80. The molecule has 10 heteroatoms. The quantitative estimate of drug-likeness (QED) is 0.225. The van der Waals surface area contributed by atoms with Gasteiger partial charge in [0.1, 0.15) is 11.5 Å². The van der Waals surface area contributed by atoms with E-state index in [2.05, 4.69) is 15.2 Å². The summed E-state index contributed by atoms with van der Waals surface area (Å²) in [6, 6.07) is 13.1. The Morgan fingerprint density at radius 1 is 1.14 bits per heavy atom. The molecule has 9 nitrogen and oxygen atoms in total. The predicted octanol–water partition coefficient (Wildman–Crippen LogP) is 2.65. The van der Waals surface area contributed by atoms with Crippen LogP contribution in [0.3, 0.4) is 0 Å². The van der Waals surface area contributed by atoms with Crippen molar-refractivity contribution in [2.24, 2.45) is 0 Å². The molecule has 1 aliphatic rings. The molecule has 3 heterocycles. The van der Waals surface area contributed by atoms with Crippen LogP contribution in [-0.2, 0) is 4.74 Å². The van der Waals surface area contributed by atoms with Gasteiger partial charge in [0, 0.05) is 58.1 Å². The Labute approximate surface area is 207 Å². The molecule has 5 rings (SSSR count). The summed E-state index contributed by atoms with van der Waals surface area (Å²) in [7, 11) is 1.71. The molecule has 2 aromatic carbocycles. The SMILES string of the molecule is COCCCN1CCN(C(=O)c2ccc(-n3cc(-c4cc5c(F)cccc5[n+]([O-])c4)nn3)cc2)CC1. The molecular formula is C26H27FN6O3. The van der Waals surface area contributed by atoms with Gasteiger partial charge in [0.25, 0.3) is 5.91 Å². The molecule has 0 atom stereocenters. The van der Waals surface area contributed by atoms with Crippen molar-refractivity contribution in [2.75, 3.05) is 46.4 Å². The van der Waals surface area contributed by atoms with E-state index >= 15 is 0 Å². The van der Waals surface area contributed by atoms with Crippen LogP contribution in [0.5, 0.6) is 0 Å². The zero-order valence-electron chi connectivity index (χ0n) is 20.0. The number of pyridine rings is 1. The Balaban J connectivity index is 1.27. The number of hydrogen-bond donors (Lipinski definition) is 0. The highest BCUT2D eigenvalue weighted by Gasteiger charge is 2.22. The summed E-state index contributed by atoms with van der Waals surface area (Å²) < 4.78 is 21.5. The normalized spacial score (nSPS) is 14.4. The van der Waals surface area contributed by atoms with Crippen LogP contribution in [0.4, 0.5) is 4.39 Å². The first-order valence-electron chi connectivity index (χ1n) is 11.9. The van der Waals surface area contributed by atoms with Gasteiger partial charge in [-0.15, -0.1) is 5.10 Å². The molecule has 0 spiro atoms. The molecule has 1 saturated heterocycles. The van der Waals surface area contributed by atoms with Gasteiger partial charge in [0.05, 0.1) is 22.8 Å². The average molecular weight is 491 g/mol. The monoisotopic (exact) mass is 490 g/mol. The minimum absolute atomic E-state index is 0.00978. The van der Waals surface area contributed by atoms with Gasteiger partial charge in [0.2, 0.25) is 5.52 Å². The van der Waals surface area contributed by atoms with E-state index in [4.69, 9.17) is 4.74 Å². The van der Waals surface area contributed by atoms with Crippen molar-refractivity contribution in [1.29, 1.82) is 0 Å². The number of fused-ring (bicyclic) bond motifs is 1. The second-order valence-electron chi connectivity index (χ2n) is 8.80. The lowest BCUT2D eigenvalue weighted by Crippen LogP contribution is -2.48. The van der Waals surface area contributed by atoms with Crippen LogP contribution in [0.15, 0.2) is 60.9 Å². The smallest absolute Gasteiger partial charge is 0.253 e.